The number of likely N-dealkylation sites (tertiary alicyclic amines) is 1. The van der Waals surface area contributed by atoms with Gasteiger partial charge in [-0.05, 0) is 42.5 Å². The Hall–Kier alpha value is -2.09. The molecule has 2 heterocycles. The minimum atomic E-state index is -3.19. The minimum absolute atomic E-state index is 0.316. The summed E-state index contributed by atoms with van der Waals surface area (Å²) in [6.07, 6.45) is 12.4. The molecule has 1 aliphatic heterocycles. The van der Waals surface area contributed by atoms with E-state index in [1.165, 1.54) is 38.4 Å². The third-order valence-electron chi connectivity index (χ3n) is 7.23. The third-order valence-corrected chi connectivity index (χ3v) is 8.35. The topological polar surface area (TPSA) is 79.4 Å². The van der Waals surface area contributed by atoms with Gasteiger partial charge in [-0.1, -0.05) is 50.3 Å². The summed E-state index contributed by atoms with van der Waals surface area (Å²) in [5.41, 5.74) is 2.86. The van der Waals surface area contributed by atoms with Crippen LogP contribution in [0.5, 0.6) is 0 Å². The molecule has 1 aliphatic carbocycles. The first-order chi connectivity index (χ1) is 16.4. The molecule has 2 aromatic rings. The maximum Gasteiger partial charge on any atom is 0.175 e. The molecule has 0 bridgehead atoms. The summed E-state index contributed by atoms with van der Waals surface area (Å²) in [5, 5.41) is 3.64. The molecule has 1 saturated carbocycles. The maximum atomic E-state index is 12.5. The van der Waals surface area contributed by atoms with E-state index in [-0.39, 0.29) is 0 Å². The first-order valence-electron chi connectivity index (χ1n) is 12.6. The molecule has 0 unspecified atom stereocenters. The lowest BCUT2D eigenvalue weighted by Gasteiger charge is -2.32. The molecule has 4 rings (SSSR count). The Bertz CT molecular complexity index is 1040. The molecule has 2 fully saturated rings. The molecule has 2 aliphatic rings. The Morgan fingerprint density at radius 1 is 1.00 bits per heavy atom. The van der Waals surface area contributed by atoms with Gasteiger partial charge < -0.3 is 5.32 Å². The summed E-state index contributed by atoms with van der Waals surface area (Å²) in [7, 11) is -3.19. The quantitative estimate of drug-likeness (QED) is 0.575. The zero-order valence-electron chi connectivity index (χ0n) is 20.2. The van der Waals surface area contributed by atoms with E-state index >= 15 is 0 Å². The van der Waals surface area contributed by atoms with Crippen LogP contribution in [-0.2, 0) is 21.2 Å². The Balaban J connectivity index is 1.18. The molecule has 1 N–H and O–H groups in total. The highest BCUT2D eigenvalue weighted by Gasteiger charge is 2.22. The molecule has 0 radical (unpaired) electrons. The number of aromatic nitrogens is 1. The van der Waals surface area contributed by atoms with Gasteiger partial charge in [-0.15, -0.1) is 0 Å². The van der Waals surface area contributed by atoms with Crippen LogP contribution in [0.25, 0.3) is 11.3 Å². The van der Waals surface area contributed by atoms with Gasteiger partial charge in [-0.25, -0.2) is 8.42 Å². The van der Waals surface area contributed by atoms with E-state index in [4.69, 9.17) is 0 Å². The lowest BCUT2D eigenvalue weighted by atomic mass is 9.86. The first kappa shape index (κ1) is 25.0. The smallest absolute Gasteiger partial charge is 0.175 e. The monoisotopic (exact) mass is 483 g/mol. The van der Waals surface area contributed by atoms with Crippen LogP contribution in [0.15, 0.2) is 47.5 Å². The molecule has 0 spiro atoms. The minimum Gasteiger partial charge on any atom is -0.310 e. The van der Waals surface area contributed by atoms with Gasteiger partial charge in [0.25, 0.3) is 0 Å². The Morgan fingerprint density at radius 3 is 2.32 bits per heavy atom. The second-order valence-corrected chi connectivity index (χ2v) is 12.0. The van der Waals surface area contributed by atoms with Crippen LogP contribution in [0, 0.1) is 5.92 Å². The zero-order valence-corrected chi connectivity index (χ0v) is 21.0. The Kier molecular flexibility index (Phi) is 8.51. The largest absolute Gasteiger partial charge is 0.310 e. The summed E-state index contributed by atoms with van der Waals surface area (Å²) in [6, 6.07) is 11.4. The van der Waals surface area contributed by atoms with Crippen molar-refractivity contribution in [3.63, 3.8) is 0 Å². The highest BCUT2D eigenvalue weighted by Crippen LogP contribution is 2.26. The maximum absolute atomic E-state index is 12.5. The summed E-state index contributed by atoms with van der Waals surface area (Å²) < 4.78 is 23.3. The number of piperidine rings is 1. The lowest BCUT2D eigenvalue weighted by molar-refractivity contribution is -0.121. The highest BCUT2D eigenvalue weighted by molar-refractivity contribution is 7.90. The van der Waals surface area contributed by atoms with Crippen molar-refractivity contribution in [3.8, 4) is 11.3 Å². The van der Waals surface area contributed by atoms with Crippen LogP contribution in [0.1, 0.15) is 56.9 Å². The molecule has 6 nitrogen and oxygen atoms in total. The van der Waals surface area contributed by atoms with Crippen molar-refractivity contribution in [2.75, 3.05) is 25.9 Å². The number of Topliss-reactive ketones (excluding diaryl/α,β-unsaturated/α-hetero) is 1. The molecular formula is C27H37N3O3S. The third kappa shape index (κ3) is 7.20. The molecule has 1 saturated heterocycles. The van der Waals surface area contributed by atoms with Gasteiger partial charge in [-0.3, -0.25) is 14.7 Å². The number of hydrogen-bond acceptors (Lipinski definition) is 6. The average molecular weight is 484 g/mol. The van der Waals surface area contributed by atoms with Crippen LogP contribution >= 0.6 is 0 Å². The van der Waals surface area contributed by atoms with E-state index in [0.29, 0.717) is 29.2 Å². The second kappa shape index (κ2) is 11.6. The van der Waals surface area contributed by atoms with E-state index in [1.807, 2.05) is 12.3 Å². The fraction of sp³-hybridized carbons (Fsp3) is 0.556. The summed E-state index contributed by atoms with van der Waals surface area (Å²) in [5.74, 6) is 1.06. The van der Waals surface area contributed by atoms with Crippen molar-refractivity contribution in [1.29, 1.82) is 0 Å². The summed E-state index contributed by atoms with van der Waals surface area (Å²) in [6.45, 7) is 3.36. The predicted molar refractivity (Wildman–Crippen MR) is 135 cm³/mol. The Labute approximate surface area is 204 Å². The van der Waals surface area contributed by atoms with E-state index in [0.717, 1.165) is 55.7 Å². The number of pyridine rings is 1. The average Bonchev–Trinajstić information content (AvgIpc) is 2.84. The van der Waals surface area contributed by atoms with Crippen molar-refractivity contribution < 1.29 is 13.2 Å². The van der Waals surface area contributed by atoms with Crippen molar-refractivity contribution in [2.24, 2.45) is 5.92 Å². The molecule has 1 aromatic heterocycles. The summed E-state index contributed by atoms with van der Waals surface area (Å²) in [4.78, 5) is 19.7. The van der Waals surface area contributed by atoms with Gasteiger partial charge in [0.05, 0.1) is 17.1 Å². The molecule has 184 valence electrons. The van der Waals surface area contributed by atoms with Crippen molar-refractivity contribution in [3.05, 3.63) is 48.2 Å². The SMILES string of the molecule is CS(=O)(=O)c1ccc(-c2ccc(CNC3CCN(CC(=O)CC4CCCCC4)CC3)cn2)cc1. The van der Waals surface area contributed by atoms with Gasteiger partial charge in [-0.2, -0.15) is 0 Å². The van der Waals surface area contributed by atoms with Crippen LogP contribution in [0.2, 0.25) is 0 Å². The Morgan fingerprint density at radius 2 is 1.71 bits per heavy atom. The highest BCUT2D eigenvalue weighted by atomic mass is 32.2. The molecule has 1 aromatic carbocycles. The fourth-order valence-electron chi connectivity index (χ4n) is 5.16. The predicted octanol–water partition coefficient (Wildman–Crippen LogP) is 4.25. The van der Waals surface area contributed by atoms with E-state index in [9.17, 15) is 13.2 Å². The summed E-state index contributed by atoms with van der Waals surface area (Å²) >= 11 is 0. The van der Waals surface area contributed by atoms with Gasteiger partial charge >= 0.3 is 0 Å². The van der Waals surface area contributed by atoms with Gasteiger partial charge in [0, 0.05) is 50.1 Å². The van der Waals surface area contributed by atoms with E-state index in [1.54, 1.807) is 24.3 Å². The number of hydrogen-bond donors (Lipinski definition) is 1. The van der Waals surface area contributed by atoms with Gasteiger partial charge in [0.15, 0.2) is 9.84 Å². The number of carbonyl (C=O) groups excluding carboxylic acids is 1. The van der Waals surface area contributed by atoms with Crippen molar-refractivity contribution in [1.82, 2.24) is 15.2 Å². The number of rotatable bonds is 9. The number of benzene rings is 1. The van der Waals surface area contributed by atoms with Crippen molar-refractivity contribution >= 4 is 15.6 Å². The van der Waals surface area contributed by atoms with E-state index in [2.05, 4.69) is 21.3 Å². The number of nitrogens with one attached hydrogen (secondary N) is 1. The van der Waals surface area contributed by atoms with Crippen LogP contribution in [0.4, 0.5) is 0 Å². The van der Waals surface area contributed by atoms with Crippen molar-refractivity contribution in [2.45, 2.75) is 68.8 Å². The molecule has 7 heteroatoms. The van der Waals surface area contributed by atoms with Crippen LogP contribution in [-0.4, -0.2) is 56.0 Å². The molecular weight excluding hydrogens is 446 g/mol. The molecule has 0 amide bonds. The normalized spacial score (nSPS) is 18.7. The number of ketones is 1. The number of sulfone groups is 1. The number of carbonyl (C=O) groups is 1. The van der Waals surface area contributed by atoms with E-state index < -0.39 is 9.84 Å². The number of nitrogens with zero attached hydrogens (tertiary/aromatic N) is 2. The molecule has 0 atom stereocenters. The lowest BCUT2D eigenvalue weighted by Crippen LogP contribution is -2.44. The first-order valence-corrected chi connectivity index (χ1v) is 14.5. The fourth-order valence-corrected chi connectivity index (χ4v) is 5.79. The second-order valence-electron chi connectivity index (χ2n) is 10.0. The standard InChI is InChI=1S/C27H37N3O3S/c1-34(32,33)26-10-8-23(9-11-26)27-12-7-22(19-29-27)18-28-24-13-15-30(16-14-24)20-25(31)17-21-5-3-2-4-6-21/h7-12,19,21,24,28H,2-6,13-18,20H2,1H3. The zero-order chi connectivity index (χ0) is 24.0. The molecule has 34 heavy (non-hydrogen) atoms. The van der Waals surface area contributed by atoms with Gasteiger partial charge in [0.1, 0.15) is 5.78 Å². The van der Waals surface area contributed by atoms with Crippen LogP contribution < -0.4 is 5.32 Å². The van der Waals surface area contributed by atoms with Gasteiger partial charge in [0.2, 0.25) is 0 Å². The van der Waals surface area contributed by atoms with Crippen LogP contribution in [0.3, 0.4) is 0 Å².